The van der Waals surface area contributed by atoms with Crippen molar-refractivity contribution in [3.8, 4) is 11.1 Å². The minimum absolute atomic E-state index is 0.251. The van der Waals surface area contributed by atoms with Crippen molar-refractivity contribution >= 4 is 12.4 Å². The van der Waals surface area contributed by atoms with Gasteiger partial charge in [0, 0.05) is 5.56 Å². The van der Waals surface area contributed by atoms with Crippen LogP contribution in [-0.2, 0) is 12.8 Å². The molecule has 36 heavy (non-hydrogen) atoms. The van der Waals surface area contributed by atoms with E-state index in [4.69, 9.17) is 0 Å². The topological polar surface area (TPSA) is 24.7 Å². The minimum Gasteiger partial charge on any atom is -0.206 e. The molecule has 0 amide bonds. The average Bonchev–Trinajstić information content (AvgIpc) is 2.90. The molecule has 3 rings (SSSR count). The molecule has 0 aliphatic rings. The van der Waals surface area contributed by atoms with Crippen LogP contribution in [0.4, 0.5) is 4.39 Å². The van der Waals surface area contributed by atoms with E-state index in [0.29, 0.717) is 11.1 Å². The smallest absolute Gasteiger partial charge is 0.131 e. The van der Waals surface area contributed by atoms with Gasteiger partial charge in [0.1, 0.15) is 5.82 Å². The SMILES string of the molecule is C=CCCCCc1ccc(C=NN=Cc2ccc(-c3ccc(CCCCCCC)cc3)c(F)c2)cc1. The van der Waals surface area contributed by atoms with E-state index in [0.717, 1.165) is 30.4 Å². The standard InChI is InChI=1S/C33H39FN2/c1-3-5-7-9-11-13-28-18-21-31(22-19-28)32-23-20-30(24-33(32)34)26-36-35-25-29-16-14-27(15-17-29)12-10-8-6-4-2/h4,14-26H,2-3,5-13H2,1H3. The van der Waals surface area contributed by atoms with Crippen LogP contribution in [0.3, 0.4) is 0 Å². The summed E-state index contributed by atoms with van der Waals surface area (Å²) in [6.07, 6.45) is 17.2. The summed E-state index contributed by atoms with van der Waals surface area (Å²) in [5.74, 6) is -0.251. The van der Waals surface area contributed by atoms with Crippen LogP contribution in [0.5, 0.6) is 0 Å². The Morgan fingerprint density at radius 3 is 1.92 bits per heavy atom. The van der Waals surface area contributed by atoms with Crippen LogP contribution in [-0.4, -0.2) is 12.4 Å². The van der Waals surface area contributed by atoms with Gasteiger partial charge in [-0.15, -0.1) is 6.58 Å². The van der Waals surface area contributed by atoms with Crippen molar-refractivity contribution in [2.45, 2.75) is 71.1 Å². The van der Waals surface area contributed by atoms with E-state index in [1.54, 1.807) is 12.4 Å². The monoisotopic (exact) mass is 482 g/mol. The second-order valence-corrected chi connectivity index (χ2v) is 9.37. The van der Waals surface area contributed by atoms with Crippen LogP contribution in [0.2, 0.25) is 0 Å². The second kappa shape index (κ2) is 15.6. The number of hydrogen-bond donors (Lipinski definition) is 0. The van der Waals surface area contributed by atoms with E-state index in [-0.39, 0.29) is 5.82 Å². The van der Waals surface area contributed by atoms with Gasteiger partial charge in [-0.25, -0.2) is 4.39 Å². The molecule has 0 spiro atoms. The lowest BCUT2D eigenvalue weighted by Gasteiger charge is -2.07. The Labute approximate surface area is 216 Å². The van der Waals surface area contributed by atoms with Gasteiger partial charge in [-0.2, -0.15) is 10.2 Å². The van der Waals surface area contributed by atoms with Crippen LogP contribution in [0.1, 0.15) is 80.5 Å². The van der Waals surface area contributed by atoms with Crippen LogP contribution in [0.25, 0.3) is 11.1 Å². The fourth-order valence-corrected chi connectivity index (χ4v) is 4.22. The van der Waals surface area contributed by atoms with Crippen molar-refractivity contribution in [1.29, 1.82) is 0 Å². The van der Waals surface area contributed by atoms with E-state index >= 15 is 0 Å². The van der Waals surface area contributed by atoms with E-state index in [1.165, 1.54) is 62.1 Å². The van der Waals surface area contributed by atoms with Crippen molar-refractivity contribution in [3.05, 3.63) is 107 Å². The number of halogens is 1. The maximum Gasteiger partial charge on any atom is 0.131 e. The first-order valence-electron chi connectivity index (χ1n) is 13.3. The van der Waals surface area contributed by atoms with Gasteiger partial charge in [0.2, 0.25) is 0 Å². The van der Waals surface area contributed by atoms with Gasteiger partial charge in [-0.1, -0.05) is 99.3 Å². The fourth-order valence-electron chi connectivity index (χ4n) is 4.22. The molecule has 3 aromatic rings. The Hall–Kier alpha value is -3.33. The highest BCUT2D eigenvalue weighted by Crippen LogP contribution is 2.24. The summed E-state index contributed by atoms with van der Waals surface area (Å²) < 4.78 is 14.8. The Kier molecular flexibility index (Phi) is 11.8. The second-order valence-electron chi connectivity index (χ2n) is 9.37. The molecule has 2 nitrogen and oxygen atoms in total. The van der Waals surface area contributed by atoms with Gasteiger partial charge in [-0.05, 0) is 72.4 Å². The van der Waals surface area contributed by atoms with Gasteiger partial charge in [0.15, 0.2) is 0 Å². The lowest BCUT2D eigenvalue weighted by atomic mass is 10.00. The van der Waals surface area contributed by atoms with Crippen molar-refractivity contribution in [2.24, 2.45) is 10.2 Å². The van der Waals surface area contributed by atoms with Gasteiger partial charge in [0.05, 0.1) is 12.4 Å². The molecule has 0 N–H and O–H groups in total. The van der Waals surface area contributed by atoms with Gasteiger partial charge < -0.3 is 0 Å². The van der Waals surface area contributed by atoms with E-state index < -0.39 is 0 Å². The summed E-state index contributed by atoms with van der Waals surface area (Å²) in [6, 6.07) is 21.8. The number of hydrogen-bond acceptors (Lipinski definition) is 2. The molecule has 0 bridgehead atoms. The molecule has 0 aliphatic heterocycles. The van der Waals surface area contributed by atoms with Crippen LogP contribution >= 0.6 is 0 Å². The number of aryl methyl sites for hydroxylation is 2. The van der Waals surface area contributed by atoms with E-state index in [9.17, 15) is 4.39 Å². The quantitative estimate of drug-likeness (QED) is 0.0892. The third-order valence-corrected chi connectivity index (χ3v) is 6.41. The Bertz CT molecular complexity index is 1110. The molecule has 188 valence electrons. The summed E-state index contributed by atoms with van der Waals surface area (Å²) in [5, 5.41) is 8.22. The van der Waals surface area contributed by atoms with E-state index in [1.807, 2.05) is 42.5 Å². The highest BCUT2D eigenvalue weighted by molar-refractivity contribution is 5.83. The van der Waals surface area contributed by atoms with Gasteiger partial charge >= 0.3 is 0 Å². The minimum atomic E-state index is -0.251. The molecule has 3 heteroatoms. The highest BCUT2D eigenvalue weighted by atomic mass is 19.1. The van der Waals surface area contributed by atoms with Crippen molar-refractivity contribution in [1.82, 2.24) is 0 Å². The van der Waals surface area contributed by atoms with Crippen LogP contribution in [0, 0.1) is 5.82 Å². The molecular formula is C33H39FN2. The highest BCUT2D eigenvalue weighted by Gasteiger charge is 2.06. The number of benzene rings is 3. The summed E-state index contributed by atoms with van der Waals surface area (Å²) in [7, 11) is 0. The normalized spacial score (nSPS) is 11.5. The van der Waals surface area contributed by atoms with Crippen molar-refractivity contribution in [2.75, 3.05) is 0 Å². The van der Waals surface area contributed by atoms with Crippen molar-refractivity contribution < 1.29 is 4.39 Å². The lowest BCUT2D eigenvalue weighted by Crippen LogP contribution is -1.90. The Morgan fingerprint density at radius 1 is 0.694 bits per heavy atom. The lowest BCUT2D eigenvalue weighted by molar-refractivity contribution is 0.630. The first-order chi connectivity index (χ1) is 17.7. The molecule has 0 unspecified atom stereocenters. The van der Waals surface area contributed by atoms with Crippen LogP contribution < -0.4 is 0 Å². The summed E-state index contributed by atoms with van der Waals surface area (Å²) >= 11 is 0. The molecule has 0 saturated heterocycles. The summed E-state index contributed by atoms with van der Waals surface area (Å²) in [4.78, 5) is 0. The molecule has 0 heterocycles. The molecule has 0 aromatic heterocycles. The Morgan fingerprint density at radius 2 is 1.28 bits per heavy atom. The molecule has 3 aromatic carbocycles. The third kappa shape index (κ3) is 9.37. The third-order valence-electron chi connectivity index (χ3n) is 6.41. The largest absolute Gasteiger partial charge is 0.206 e. The number of rotatable bonds is 15. The zero-order chi connectivity index (χ0) is 25.4. The molecule has 0 atom stereocenters. The van der Waals surface area contributed by atoms with E-state index in [2.05, 4.69) is 48.0 Å². The first-order valence-corrected chi connectivity index (χ1v) is 13.3. The average molecular weight is 483 g/mol. The number of allylic oxidation sites excluding steroid dienone is 1. The molecule has 0 fully saturated rings. The number of unbranched alkanes of at least 4 members (excludes halogenated alkanes) is 6. The molecular weight excluding hydrogens is 443 g/mol. The zero-order valence-electron chi connectivity index (χ0n) is 21.6. The Balaban J connectivity index is 1.50. The van der Waals surface area contributed by atoms with Crippen LogP contribution in [0.15, 0.2) is 89.6 Å². The van der Waals surface area contributed by atoms with Gasteiger partial charge in [-0.3, -0.25) is 0 Å². The van der Waals surface area contributed by atoms with Crippen molar-refractivity contribution in [3.63, 3.8) is 0 Å². The number of nitrogens with zero attached hydrogens (tertiary/aromatic N) is 2. The molecule has 0 radical (unpaired) electrons. The first kappa shape index (κ1) is 27.3. The summed E-state index contributed by atoms with van der Waals surface area (Å²) in [6.45, 7) is 6.00. The molecule has 0 aliphatic carbocycles. The zero-order valence-corrected chi connectivity index (χ0v) is 21.6. The predicted octanol–water partition coefficient (Wildman–Crippen LogP) is 9.36. The predicted molar refractivity (Wildman–Crippen MR) is 154 cm³/mol. The summed E-state index contributed by atoms with van der Waals surface area (Å²) in [5.41, 5.74) is 5.82. The molecule has 0 saturated carbocycles. The van der Waals surface area contributed by atoms with Gasteiger partial charge in [0.25, 0.3) is 0 Å². The fraction of sp³-hybridized carbons (Fsp3) is 0.333. The maximum atomic E-state index is 14.8. The maximum absolute atomic E-state index is 14.8.